The Morgan fingerprint density at radius 3 is 2.58 bits per heavy atom. The highest BCUT2D eigenvalue weighted by atomic mass is 19.1. The summed E-state index contributed by atoms with van der Waals surface area (Å²) in [5.74, 6) is -1.42. The highest BCUT2D eigenvalue weighted by molar-refractivity contribution is 6.09. The van der Waals surface area contributed by atoms with E-state index >= 15 is 0 Å². The van der Waals surface area contributed by atoms with Gasteiger partial charge in [-0.05, 0) is 44.5 Å². The lowest BCUT2D eigenvalue weighted by Gasteiger charge is -2.17. The van der Waals surface area contributed by atoms with Gasteiger partial charge in [0.1, 0.15) is 11.7 Å². The number of anilines is 1. The molecule has 1 N–H and O–H groups in total. The molecule has 0 aromatic heterocycles. The predicted molar refractivity (Wildman–Crippen MR) is 70.1 cm³/mol. The molecule has 1 aliphatic rings. The Morgan fingerprint density at radius 2 is 2.00 bits per heavy atom. The van der Waals surface area contributed by atoms with Gasteiger partial charge in [-0.2, -0.15) is 0 Å². The second-order valence-electron chi connectivity index (χ2n) is 4.97. The van der Waals surface area contributed by atoms with Gasteiger partial charge >= 0.3 is 0 Å². The number of nitrogens with zero attached hydrogens (tertiary/aromatic N) is 1. The molecule has 1 atom stereocenters. The van der Waals surface area contributed by atoms with Crippen molar-refractivity contribution in [3.63, 3.8) is 0 Å². The van der Waals surface area contributed by atoms with Crippen molar-refractivity contribution in [2.24, 2.45) is 5.92 Å². The summed E-state index contributed by atoms with van der Waals surface area (Å²) in [6.07, 6.45) is 0.495. The van der Waals surface area contributed by atoms with Gasteiger partial charge in [0.25, 0.3) is 0 Å². The van der Waals surface area contributed by atoms with E-state index in [1.54, 1.807) is 12.1 Å². The fraction of sp³-hybridized carbons (Fsp3) is 0.429. The van der Waals surface area contributed by atoms with Crippen LogP contribution in [0.15, 0.2) is 24.3 Å². The summed E-state index contributed by atoms with van der Waals surface area (Å²) < 4.78 is 12.9. The molecule has 1 fully saturated rings. The second kappa shape index (κ2) is 5.38. The first kappa shape index (κ1) is 13.5. The molecule has 5 heteroatoms. The third kappa shape index (κ3) is 2.92. The largest absolute Gasteiger partial charge is 0.353 e. The summed E-state index contributed by atoms with van der Waals surface area (Å²) in [6, 6.07) is 5.74. The molecule has 102 valence electrons. The second-order valence-corrected chi connectivity index (χ2v) is 4.97. The lowest BCUT2D eigenvalue weighted by atomic mass is 10.1. The quantitative estimate of drug-likeness (QED) is 0.845. The fourth-order valence-corrected chi connectivity index (χ4v) is 2.19. The average Bonchev–Trinajstić information content (AvgIpc) is 2.71. The van der Waals surface area contributed by atoms with Crippen LogP contribution in [0.2, 0.25) is 0 Å². The molecular formula is C14H17FN2O2. The van der Waals surface area contributed by atoms with Crippen molar-refractivity contribution >= 4 is 17.5 Å². The lowest BCUT2D eigenvalue weighted by Crippen LogP contribution is -2.39. The topological polar surface area (TPSA) is 49.4 Å². The van der Waals surface area contributed by atoms with Gasteiger partial charge in [-0.1, -0.05) is 0 Å². The van der Waals surface area contributed by atoms with Crippen LogP contribution in [0.25, 0.3) is 0 Å². The molecule has 4 nitrogen and oxygen atoms in total. The van der Waals surface area contributed by atoms with Crippen LogP contribution >= 0.6 is 0 Å². The average molecular weight is 264 g/mol. The van der Waals surface area contributed by atoms with Crippen molar-refractivity contribution < 1.29 is 14.0 Å². The van der Waals surface area contributed by atoms with Crippen molar-refractivity contribution in [1.82, 2.24) is 5.32 Å². The van der Waals surface area contributed by atoms with Crippen LogP contribution in [-0.2, 0) is 9.59 Å². The summed E-state index contributed by atoms with van der Waals surface area (Å²) in [5.41, 5.74) is 0.631. The molecule has 19 heavy (non-hydrogen) atoms. The van der Waals surface area contributed by atoms with Gasteiger partial charge in [-0.15, -0.1) is 0 Å². The standard InChI is InChI=1S/C14H17FN2O2/c1-9(2)16-13(18)12-7-8-17(14(12)19)11-5-3-10(15)4-6-11/h3-6,9,12H,7-8H2,1-2H3,(H,16,18). The Hall–Kier alpha value is -1.91. The molecule has 1 aliphatic heterocycles. The maximum absolute atomic E-state index is 12.9. The van der Waals surface area contributed by atoms with E-state index in [1.807, 2.05) is 13.8 Å². The lowest BCUT2D eigenvalue weighted by molar-refractivity contribution is -0.132. The van der Waals surface area contributed by atoms with Crippen molar-refractivity contribution in [3.05, 3.63) is 30.1 Å². The Kier molecular flexibility index (Phi) is 3.83. The van der Waals surface area contributed by atoms with E-state index in [2.05, 4.69) is 5.32 Å². The summed E-state index contributed by atoms with van der Waals surface area (Å²) in [6.45, 7) is 4.20. The van der Waals surface area contributed by atoms with Crippen molar-refractivity contribution in [2.75, 3.05) is 11.4 Å². The number of carbonyl (C=O) groups excluding carboxylic acids is 2. The molecule has 0 aliphatic carbocycles. The molecule has 0 radical (unpaired) electrons. The molecule has 2 rings (SSSR count). The number of hydrogen-bond acceptors (Lipinski definition) is 2. The molecule has 2 amide bonds. The van der Waals surface area contributed by atoms with E-state index in [1.165, 1.54) is 17.0 Å². The van der Waals surface area contributed by atoms with Crippen molar-refractivity contribution in [3.8, 4) is 0 Å². The van der Waals surface area contributed by atoms with Gasteiger partial charge in [-0.3, -0.25) is 9.59 Å². The fourth-order valence-electron chi connectivity index (χ4n) is 2.19. The first-order valence-corrected chi connectivity index (χ1v) is 6.36. The van der Waals surface area contributed by atoms with Gasteiger partial charge in [0.15, 0.2) is 0 Å². The van der Waals surface area contributed by atoms with E-state index in [0.717, 1.165) is 0 Å². The smallest absolute Gasteiger partial charge is 0.239 e. The van der Waals surface area contributed by atoms with Crippen LogP contribution in [0.1, 0.15) is 20.3 Å². The third-order valence-electron chi connectivity index (χ3n) is 3.09. The first-order chi connectivity index (χ1) is 8.99. The zero-order valence-corrected chi connectivity index (χ0v) is 11.0. The molecule has 0 bridgehead atoms. The van der Waals surface area contributed by atoms with E-state index in [0.29, 0.717) is 18.7 Å². The SMILES string of the molecule is CC(C)NC(=O)C1CCN(c2ccc(F)cc2)C1=O. The summed E-state index contributed by atoms with van der Waals surface area (Å²) in [5, 5.41) is 2.75. The Bertz CT molecular complexity index is 485. The molecule has 1 saturated heterocycles. The first-order valence-electron chi connectivity index (χ1n) is 6.36. The Labute approximate surface area is 111 Å². The molecule has 1 aromatic carbocycles. The zero-order valence-electron chi connectivity index (χ0n) is 11.0. The number of rotatable bonds is 3. The number of benzene rings is 1. The molecule has 1 aromatic rings. The van der Waals surface area contributed by atoms with Crippen LogP contribution < -0.4 is 10.2 Å². The number of hydrogen-bond donors (Lipinski definition) is 1. The van der Waals surface area contributed by atoms with Crippen LogP contribution in [0.4, 0.5) is 10.1 Å². The van der Waals surface area contributed by atoms with Gasteiger partial charge in [-0.25, -0.2) is 4.39 Å². The zero-order chi connectivity index (χ0) is 14.0. The maximum Gasteiger partial charge on any atom is 0.239 e. The summed E-state index contributed by atoms with van der Waals surface area (Å²) in [7, 11) is 0. The van der Waals surface area contributed by atoms with E-state index < -0.39 is 5.92 Å². The normalized spacial score (nSPS) is 19.1. The number of nitrogens with one attached hydrogen (secondary N) is 1. The van der Waals surface area contributed by atoms with E-state index in [-0.39, 0.29) is 23.7 Å². The minimum atomic E-state index is -0.632. The molecule has 0 spiro atoms. The highest BCUT2D eigenvalue weighted by Crippen LogP contribution is 2.25. The molecule has 1 heterocycles. The van der Waals surface area contributed by atoms with E-state index in [4.69, 9.17) is 0 Å². The minimum Gasteiger partial charge on any atom is -0.353 e. The predicted octanol–water partition coefficient (Wildman–Crippen LogP) is 1.70. The maximum atomic E-state index is 12.9. The molecular weight excluding hydrogens is 247 g/mol. The summed E-state index contributed by atoms with van der Waals surface area (Å²) in [4.78, 5) is 25.6. The van der Waals surface area contributed by atoms with Gasteiger partial charge in [0, 0.05) is 18.3 Å². The number of halogens is 1. The Morgan fingerprint density at radius 1 is 1.37 bits per heavy atom. The van der Waals surface area contributed by atoms with Crippen molar-refractivity contribution in [2.45, 2.75) is 26.3 Å². The van der Waals surface area contributed by atoms with Crippen molar-refractivity contribution in [1.29, 1.82) is 0 Å². The monoisotopic (exact) mass is 264 g/mol. The highest BCUT2D eigenvalue weighted by Gasteiger charge is 2.37. The third-order valence-corrected chi connectivity index (χ3v) is 3.09. The summed E-state index contributed by atoms with van der Waals surface area (Å²) >= 11 is 0. The molecule has 0 saturated carbocycles. The van der Waals surface area contributed by atoms with Crippen LogP contribution in [0, 0.1) is 11.7 Å². The van der Waals surface area contributed by atoms with Gasteiger partial charge in [0.05, 0.1) is 0 Å². The molecule has 1 unspecified atom stereocenters. The van der Waals surface area contributed by atoms with Gasteiger partial charge in [0.2, 0.25) is 11.8 Å². The van der Waals surface area contributed by atoms with E-state index in [9.17, 15) is 14.0 Å². The number of amides is 2. The van der Waals surface area contributed by atoms with Crippen LogP contribution in [-0.4, -0.2) is 24.4 Å². The van der Waals surface area contributed by atoms with Crippen LogP contribution in [0.3, 0.4) is 0 Å². The number of carbonyl (C=O) groups is 2. The van der Waals surface area contributed by atoms with Crippen LogP contribution in [0.5, 0.6) is 0 Å². The van der Waals surface area contributed by atoms with Gasteiger partial charge < -0.3 is 10.2 Å². The minimum absolute atomic E-state index is 0.0140. The Balaban J connectivity index is 2.09.